The summed E-state index contributed by atoms with van der Waals surface area (Å²) in [4.78, 5) is 21.7. The van der Waals surface area contributed by atoms with Crippen LogP contribution in [0.1, 0.15) is 11.3 Å². The van der Waals surface area contributed by atoms with Crippen LogP contribution in [0.2, 0.25) is 0 Å². The Balaban J connectivity index is 1.89. The predicted octanol–water partition coefficient (Wildman–Crippen LogP) is 2.27. The monoisotopic (exact) mass is 298 g/mol. The second-order valence-electron chi connectivity index (χ2n) is 4.68. The third-order valence-corrected chi connectivity index (χ3v) is 4.10. The molecule has 0 aromatic carbocycles. The van der Waals surface area contributed by atoms with Gasteiger partial charge in [0.25, 0.3) is 5.56 Å². The molecule has 5 nitrogen and oxygen atoms in total. The topological polar surface area (TPSA) is 73.3 Å². The van der Waals surface area contributed by atoms with Gasteiger partial charge in [0.05, 0.1) is 5.69 Å². The zero-order valence-corrected chi connectivity index (χ0v) is 12.3. The van der Waals surface area contributed by atoms with E-state index >= 15 is 0 Å². The Kier molecular flexibility index (Phi) is 3.62. The van der Waals surface area contributed by atoms with Crippen LogP contribution in [0.3, 0.4) is 0 Å². The fourth-order valence-corrected chi connectivity index (χ4v) is 2.77. The number of anilines is 1. The summed E-state index contributed by atoms with van der Waals surface area (Å²) in [6.07, 6.45) is 3.46. The van der Waals surface area contributed by atoms with Gasteiger partial charge in [0.15, 0.2) is 0 Å². The van der Waals surface area contributed by atoms with Crippen LogP contribution in [0, 0.1) is 6.92 Å². The summed E-state index contributed by atoms with van der Waals surface area (Å²) in [5, 5.41) is 0. The summed E-state index contributed by atoms with van der Waals surface area (Å²) in [6, 6.07) is 9.04. The summed E-state index contributed by atoms with van der Waals surface area (Å²) >= 11 is 1.58. The van der Waals surface area contributed by atoms with Crippen molar-refractivity contribution in [1.29, 1.82) is 0 Å². The highest BCUT2D eigenvalue weighted by atomic mass is 32.2. The molecule has 3 aromatic heterocycles. The maximum absolute atomic E-state index is 12.1. The third kappa shape index (κ3) is 2.90. The smallest absolute Gasteiger partial charge is 0.258 e. The second-order valence-corrected chi connectivity index (χ2v) is 5.73. The molecule has 106 valence electrons. The first kappa shape index (κ1) is 13.6. The molecule has 0 radical (unpaired) electrons. The molecule has 0 fully saturated rings. The molecule has 0 unspecified atom stereocenters. The number of nitrogens with two attached hydrogens (primary N) is 1. The van der Waals surface area contributed by atoms with E-state index in [9.17, 15) is 4.79 Å². The van der Waals surface area contributed by atoms with Crippen molar-refractivity contribution in [2.45, 2.75) is 17.6 Å². The van der Waals surface area contributed by atoms with E-state index in [1.165, 1.54) is 0 Å². The molecule has 3 heterocycles. The van der Waals surface area contributed by atoms with Gasteiger partial charge in [0.1, 0.15) is 11.5 Å². The van der Waals surface area contributed by atoms with Crippen molar-refractivity contribution in [2.75, 3.05) is 5.73 Å². The van der Waals surface area contributed by atoms with Crippen molar-refractivity contribution < 1.29 is 0 Å². The normalized spacial score (nSPS) is 10.9. The maximum atomic E-state index is 12.1. The highest BCUT2D eigenvalue weighted by Gasteiger charge is 2.05. The van der Waals surface area contributed by atoms with Crippen molar-refractivity contribution in [3.05, 3.63) is 64.3 Å². The SMILES string of the molecule is Cc1cccn2c(=O)cc(CSc3ccc(N)nc3)nc12. The highest BCUT2D eigenvalue weighted by molar-refractivity contribution is 7.98. The first-order valence-electron chi connectivity index (χ1n) is 6.46. The lowest BCUT2D eigenvalue weighted by Gasteiger charge is -2.06. The van der Waals surface area contributed by atoms with Crippen LogP contribution in [-0.2, 0) is 5.75 Å². The van der Waals surface area contributed by atoms with Gasteiger partial charge in [-0.05, 0) is 30.7 Å². The lowest BCUT2D eigenvalue weighted by atomic mass is 10.3. The van der Waals surface area contributed by atoms with E-state index in [-0.39, 0.29) is 5.56 Å². The van der Waals surface area contributed by atoms with Crippen LogP contribution < -0.4 is 11.3 Å². The fraction of sp³-hybridized carbons (Fsp3) is 0.133. The number of hydrogen-bond donors (Lipinski definition) is 1. The number of pyridine rings is 2. The second kappa shape index (κ2) is 5.57. The van der Waals surface area contributed by atoms with E-state index < -0.39 is 0 Å². The molecule has 21 heavy (non-hydrogen) atoms. The van der Waals surface area contributed by atoms with Crippen LogP contribution in [0.4, 0.5) is 5.82 Å². The largest absolute Gasteiger partial charge is 0.384 e. The van der Waals surface area contributed by atoms with Gasteiger partial charge in [0.2, 0.25) is 0 Å². The first-order valence-corrected chi connectivity index (χ1v) is 7.44. The van der Waals surface area contributed by atoms with Gasteiger partial charge >= 0.3 is 0 Å². The molecule has 0 atom stereocenters. The zero-order chi connectivity index (χ0) is 14.8. The van der Waals surface area contributed by atoms with Crippen LogP contribution >= 0.6 is 11.8 Å². The molecule has 2 N–H and O–H groups in total. The number of aromatic nitrogens is 3. The third-order valence-electron chi connectivity index (χ3n) is 3.09. The summed E-state index contributed by atoms with van der Waals surface area (Å²) in [5.74, 6) is 1.11. The Morgan fingerprint density at radius 2 is 2.19 bits per heavy atom. The van der Waals surface area contributed by atoms with E-state index in [4.69, 9.17) is 5.73 Å². The molecule has 3 rings (SSSR count). The van der Waals surface area contributed by atoms with Crippen LogP contribution in [0.5, 0.6) is 0 Å². The summed E-state index contributed by atoms with van der Waals surface area (Å²) in [7, 11) is 0. The number of nitrogens with zero attached hydrogens (tertiary/aromatic N) is 3. The van der Waals surface area contributed by atoms with Gasteiger partial charge in [-0.25, -0.2) is 9.97 Å². The summed E-state index contributed by atoms with van der Waals surface area (Å²) < 4.78 is 1.56. The predicted molar refractivity (Wildman–Crippen MR) is 84.4 cm³/mol. The molecule has 0 saturated heterocycles. The van der Waals surface area contributed by atoms with E-state index in [1.54, 1.807) is 40.7 Å². The fourth-order valence-electron chi connectivity index (χ4n) is 2.02. The number of fused-ring (bicyclic) bond motifs is 1. The van der Waals surface area contributed by atoms with Crippen molar-refractivity contribution in [1.82, 2.24) is 14.4 Å². The van der Waals surface area contributed by atoms with Gasteiger partial charge < -0.3 is 5.73 Å². The minimum atomic E-state index is -0.0604. The van der Waals surface area contributed by atoms with Crippen molar-refractivity contribution in [3.8, 4) is 0 Å². The van der Waals surface area contributed by atoms with Crippen LogP contribution in [0.15, 0.2) is 52.4 Å². The molecule has 0 amide bonds. The van der Waals surface area contributed by atoms with Crippen LogP contribution in [0.25, 0.3) is 5.65 Å². The van der Waals surface area contributed by atoms with E-state index in [0.717, 1.165) is 16.2 Å². The molecule has 0 spiro atoms. The molecular formula is C15H14N4OS. The minimum Gasteiger partial charge on any atom is -0.384 e. The standard InChI is InChI=1S/C15H14N4OS/c1-10-3-2-6-19-14(20)7-11(18-15(10)19)9-21-12-4-5-13(16)17-8-12/h2-8H,9H2,1H3,(H2,16,17). The average molecular weight is 298 g/mol. The quantitative estimate of drug-likeness (QED) is 0.751. The zero-order valence-electron chi connectivity index (χ0n) is 11.5. The number of rotatable bonds is 3. The van der Waals surface area contributed by atoms with E-state index in [0.29, 0.717) is 17.2 Å². The maximum Gasteiger partial charge on any atom is 0.258 e. The minimum absolute atomic E-state index is 0.0604. The average Bonchev–Trinajstić information content (AvgIpc) is 2.48. The molecule has 6 heteroatoms. The lowest BCUT2D eigenvalue weighted by molar-refractivity contribution is 1.00. The van der Waals surface area contributed by atoms with E-state index in [1.807, 2.05) is 25.1 Å². The van der Waals surface area contributed by atoms with Crippen molar-refractivity contribution in [2.24, 2.45) is 0 Å². The summed E-state index contributed by atoms with van der Waals surface area (Å²) in [6.45, 7) is 1.95. The Labute approximate surface area is 125 Å². The molecule has 3 aromatic rings. The Morgan fingerprint density at radius 1 is 1.33 bits per heavy atom. The number of thioether (sulfide) groups is 1. The van der Waals surface area contributed by atoms with Gasteiger partial charge in [-0.1, -0.05) is 6.07 Å². The van der Waals surface area contributed by atoms with Gasteiger partial charge in [-0.15, -0.1) is 11.8 Å². The van der Waals surface area contributed by atoms with Gasteiger partial charge in [0, 0.05) is 29.1 Å². The number of nitrogen functional groups attached to an aromatic ring is 1. The van der Waals surface area contributed by atoms with Gasteiger partial charge in [-0.2, -0.15) is 0 Å². The Morgan fingerprint density at radius 3 is 2.95 bits per heavy atom. The summed E-state index contributed by atoms with van der Waals surface area (Å²) in [5.41, 5.74) is 7.94. The molecule has 0 bridgehead atoms. The highest BCUT2D eigenvalue weighted by Crippen LogP contribution is 2.21. The van der Waals surface area contributed by atoms with E-state index in [2.05, 4.69) is 9.97 Å². The Hall–Kier alpha value is -2.34. The number of hydrogen-bond acceptors (Lipinski definition) is 5. The number of aryl methyl sites for hydroxylation is 1. The molecular weight excluding hydrogens is 284 g/mol. The Bertz CT molecular complexity index is 842. The van der Waals surface area contributed by atoms with Gasteiger partial charge in [-0.3, -0.25) is 9.20 Å². The molecule has 0 aliphatic heterocycles. The molecule has 0 aliphatic rings. The lowest BCUT2D eigenvalue weighted by Crippen LogP contribution is -2.15. The van der Waals surface area contributed by atoms with Crippen LogP contribution in [-0.4, -0.2) is 14.4 Å². The van der Waals surface area contributed by atoms with Crippen molar-refractivity contribution in [3.63, 3.8) is 0 Å². The van der Waals surface area contributed by atoms with Crippen molar-refractivity contribution >= 4 is 23.2 Å². The molecule has 0 saturated carbocycles. The first-order chi connectivity index (χ1) is 10.1. The molecule has 0 aliphatic carbocycles.